The first-order valence-corrected chi connectivity index (χ1v) is 5.44. The molecule has 72 valence electrons. The van der Waals surface area contributed by atoms with Crippen molar-refractivity contribution < 1.29 is 14.1 Å². The summed E-state index contributed by atoms with van der Waals surface area (Å²) in [5.74, 6) is -0.948. The Morgan fingerprint density at radius 1 is 1.42 bits per heavy atom. The van der Waals surface area contributed by atoms with Gasteiger partial charge < -0.3 is 5.11 Å². The summed E-state index contributed by atoms with van der Waals surface area (Å²) in [6.07, 6.45) is 1.20. The fourth-order valence-corrected chi connectivity index (χ4v) is 2.30. The number of aliphatic carboxylic acids is 1. The number of carbonyl (C=O) groups is 1. The van der Waals surface area contributed by atoms with Crippen LogP contribution in [0.25, 0.3) is 0 Å². The van der Waals surface area contributed by atoms with Crippen LogP contribution in [-0.2, 0) is 15.6 Å². The predicted octanol–water partition coefficient (Wildman–Crippen LogP) is 1.40. The monoisotopic (exact) mass is 192 g/mol. The quantitative estimate of drug-likeness (QED) is 0.716. The van der Waals surface area contributed by atoms with E-state index in [4.69, 9.17) is 5.11 Å². The largest absolute Gasteiger partial charge is 0.480 e. The van der Waals surface area contributed by atoms with Gasteiger partial charge in [-0.2, -0.15) is 0 Å². The van der Waals surface area contributed by atoms with Crippen molar-refractivity contribution in [3.05, 3.63) is 0 Å². The van der Waals surface area contributed by atoms with Crippen molar-refractivity contribution in [2.75, 3.05) is 0 Å². The van der Waals surface area contributed by atoms with Crippen LogP contribution in [0.15, 0.2) is 0 Å². The van der Waals surface area contributed by atoms with Gasteiger partial charge in [-0.25, -0.2) is 0 Å². The minimum absolute atomic E-state index is 0.0222. The highest BCUT2D eigenvalue weighted by Crippen LogP contribution is 2.10. The Bertz CT molecular complexity index is 179. The smallest absolute Gasteiger partial charge is 0.319 e. The minimum atomic E-state index is -1.23. The van der Waals surface area contributed by atoms with Crippen LogP contribution in [0.4, 0.5) is 0 Å². The van der Waals surface area contributed by atoms with Crippen molar-refractivity contribution in [2.45, 2.75) is 44.1 Å². The van der Waals surface area contributed by atoms with Crippen LogP contribution in [-0.4, -0.2) is 25.8 Å². The molecule has 0 aromatic rings. The van der Waals surface area contributed by atoms with E-state index in [-0.39, 0.29) is 5.25 Å². The second kappa shape index (κ2) is 5.30. The average molecular weight is 192 g/mol. The molecule has 3 nitrogen and oxygen atoms in total. The highest BCUT2D eigenvalue weighted by molar-refractivity contribution is 7.87. The standard InChI is InChI=1S/C8H16O3S/c1-4-6(3)12(11)7(5-2)8(9)10/h6-7H,4-5H2,1-3H3,(H,9,10). The summed E-state index contributed by atoms with van der Waals surface area (Å²) in [7, 11) is -1.23. The van der Waals surface area contributed by atoms with Crippen LogP contribution >= 0.6 is 0 Å². The van der Waals surface area contributed by atoms with Gasteiger partial charge in [0.25, 0.3) is 0 Å². The van der Waals surface area contributed by atoms with Crippen LogP contribution in [0.2, 0.25) is 0 Å². The first kappa shape index (κ1) is 11.6. The molecule has 0 radical (unpaired) electrons. The normalized spacial score (nSPS) is 18.2. The summed E-state index contributed by atoms with van der Waals surface area (Å²) in [5, 5.41) is 7.98. The first-order chi connectivity index (χ1) is 5.54. The molecule has 0 aliphatic heterocycles. The molecule has 3 atom stereocenters. The molecule has 0 aliphatic carbocycles. The van der Waals surface area contributed by atoms with Gasteiger partial charge in [-0.15, -0.1) is 0 Å². The molecule has 0 heterocycles. The molecule has 0 saturated carbocycles. The lowest BCUT2D eigenvalue weighted by Gasteiger charge is -2.14. The lowest BCUT2D eigenvalue weighted by atomic mass is 10.3. The third-order valence-electron chi connectivity index (χ3n) is 1.90. The SMILES string of the molecule is CCC(C)S(=O)C(CC)C(=O)O. The van der Waals surface area contributed by atoms with Crippen molar-refractivity contribution in [3.8, 4) is 0 Å². The van der Waals surface area contributed by atoms with Crippen molar-refractivity contribution in [1.82, 2.24) is 0 Å². The van der Waals surface area contributed by atoms with E-state index in [2.05, 4.69) is 0 Å². The Kier molecular flexibility index (Phi) is 5.13. The van der Waals surface area contributed by atoms with Crippen molar-refractivity contribution in [1.29, 1.82) is 0 Å². The summed E-state index contributed by atoms with van der Waals surface area (Å²) < 4.78 is 11.5. The zero-order valence-electron chi connectivity index (χ0n) is 7.74. The van der Waals surface area contributed by atoms with Crippen LogP contribution in [0.3, 0.4) is 0 Å². The van der Waals surface area contributed by atoms with E-state index in [0.29, 0.717) is 6.42 Å². The van der Waals surface area contributed by atoms with E-state index < -0.39 is 22.0 Å². The summed E-state index contributed by atoms with van der Waals surface area (Å²) in [6.45, 7) is 5.48. The maximum absolute atomic E-state index is 11.5. The topological polar surface area (TPSA) is 54.4 Å². The number of hydrogen-bond donors (Lipinski definition) is 1. The molecule has 4 heteroatoms. The Balaban J connectivity index is 4.31. The lowest BCUT2D eigenvalue weighted by Crippen LogP contribution is -2.30. The molecule has 3 unspecified atom stereocenters. The van der Waals surface area contributed by atoms with Gasteiger partial charge >= 0.3 is 5.97 Å². The van der Waals surface area contributed by atoms with Crippen molar-refractivity contribution in [2.24, 2.45) is 0 Å². The van der Waals surface area contributed by atoms with Crippen molar-refractivity contribution in [3.63, 3.8) is 0 Å². The highest BCUT2D eigenvalue weighted by Gasteiger charge is 2.25. The maximum Gasteiger partial charge on any atom is 0.319 e. The fraction of sp³-hybridized carbons (Fsp3) is 0.875. The fourth-order valence-electron chi connectivity index (χ4n) is 0.883. The van der Waals surface area contributed by atoms with E-state index in [1.807, 2.05) is 13.8 Å². The zero-order chi connectivity index (χ0) is 9.72. The Morgan fingerprint density at radius 2 is 1.92 bits per heavy atom. The summed E-state index contributed by atoms with van der Waals surface area (Å²) in [6, 6.07) is 0. The van der Waals surface area contributed by atoms with Gasteiger partial charge in [0, 0.05) is 16.0 Å². The molecule has 12 heavy (non-hydrogen) atoms. The van der Waals surface area contributed by atoms with E-state index in [1.54, 1.807) is 6.92 Å². The second-order valence-corrected chi connectivity index (χ2v) is 4.81. The minimum Gasteiger partial charge on any atom is -0.480 e. The number of hydrogen-bond acceptors (Lipinski definition) is 2. The van der Waals surface area contributed by atoms with E-state index in [0.717, 1.165) is 6.42 Å². The van der Waals surface area contributed by atoms with Gasteiger partial charge in [0.1, 0.15) is 5.25 Å². The van der Waals surface area contributed by atoms with E-state index >= 15 is 0 Å². The van der Waals surface area contributed by atoms with Crippen LogP contribution in [0.1, 0.15) is 33.6 Å². The lowest BCUT2D eigenvalue weighted by molar-refractivity contribution is -0.136. The van der Waals surface area contributed by atoms with Crippen LogP contribution in [0, 0.1) is 0 Å². The first-order valence-electron chi connectivity index (χ1n) is 4.16. The van der Waals surface area contributed by atoms with Crippen LogP contribution in [0.5, 0.6) is 0 Å². The zero-order valence-corrected chi connectivity index (χ0v) is 8.56. The molecule has 0 spiro atoms. The van der Waals surface area contributed by atoms with Gasteiger partial charge in [-0.3, -0.25) is 9.00 Å². The maximum atomic E-state index is 11.5. The number of rotatable bonds is 5. The van der Waals surface area contributed by atoms with Gasteiger partial charge in [0.2, 0.25) is 0 Å². The van der Waals surface area contributed by atoms with E-state index in [1.165, 1.54) is 0 Å². The third kappa shape index (κ3) is 2.93. The molecule has 0 amide bonds. The van der Waals surface area contributed by atoms with E-state index in [9.17, 15) is 9.00 Å². The van der Waals surface area contributed by atoms with Gasteiger partial charge in [-0.05, 0) is 12.8 Å². The number of carboxylic acids is 1. The Hall–Kier alpha value is -0.380. The molecule has 0 saturated heterocycles. The Labute approximate surface area is 75.6 Å². The molecule has 0 aliphatic rings. The average Bonchev–Trinajstić information content (AvgIpc) is 2.03. The van der Waals surface area contributed by atoms with Gasteiger partial charge in [0.05, 0.1) is 0 Å². The predicted molar refractivity (Wildman–Crippen MR) is 49.6 cm³/mol. The highest BCUT2D eigenvalue weighted by atomic mass is 32.2. The summed E-state index contributed by atoms with van der Waals surface area (Å²) in [4.78, 5) is 10.6. The third-order valence-corrected chi connectivity index (χ3v) is 4.12. The van der Waals surface area contributed by atoms with Gasteiger partial charge in [-0.1, -0.05) is 20.8 Å². The van der Waals surface area contributed by atoms with Crippen molar-refractivity contribution >= 4 is 16.8 Å². The van der Waals surface area contributed by atoms with Gasteiger partial charge in [0.15, 0.2) is 0 Å². The van der Waals surface area contributed by atoms with Crippen LogP contribution < -0.4 is 0 Å². The summed E-state index contributed by atoms with van der Waals surface area (Å²) >= 11 is 0. The molecule has 0 rings (SSSR count). The Morgan fingerprint density at radius 3 is 2.17 bits per heavy atom. The molecule has 0 bridgehead atoms. The molecular weight excluding hydrogens is 176 g/mol. The molecule has 0 aromatic heterocycles. The molecule has 0 aromatic carbocycles. The summed E-state index contributed by atoms with van der Waals surface area (Å²) in [5.41, 5.74) is 0. The molecular formula is C8H16O3S. The number of carboxylic acid groups (broad SMARTS) is 1. The molecule has 1 N–H and O–H groups in total. The second-order valence-electron chi connectivity index (χ2n) is 2.78. The molecule has 0 fully saturated rings.